The van der Waals surface area contributed by atoms with E-state index < -0.39 is 5.97 Å². The molecule has 0 bridgehead atoms. The molecule has 0 amide bonds. The van der Waals surface area contributed by atoms with Crippen LogP contribution in [0.3, 0.4) is 0 Å². The molecular formula is C20H16O2S. The molecule has 0 spiro atoms. The number of carboxylic acid groups (broad SMARTS) is 1. The second kappa shape index (κ2) is 7.16. The van der Waals surface area contributed by atoms with Crippen molar-refractivity contribution in [3.63, 3.8) is 0 Å². The number of rotatable bonds is 5. The highest BCUT2D eigenvalue weighted by atomic mass is 32.2. The lowest BCUT2D eigenvalue weighted by Gasteiger charge is -2.18. The third-order valence-electron chi connectivity index (χ3n) is 3.56. The normalized spacial score (nSPS) is 10.7. The maximum Gasteiger partial charge on any atom is 0.335 e. The molecule has 0 aliphatic heterocycles. The van der Waals surface area contributed by atoms with Crippen molar-refractivity contribution in [2.75, 3.05) is 0 Å². The monoisotopic (exact) mass is 320 g/mol. The highest BCUT2D eigenvalue weighted by molar-refractivity contribution is 7.99. The van der Waals surface area contributed by atoms with Crippen LogP contribution < -0.4 is 0 Å². The van der Waals surface area contributed by atoms with Gasteiger partial charge in [0.1, 0.15) is 0 Å². The summed E-state index contributed by atoms with van der Waals surface area (Å²) in [6, 6.07) is 27.7. The fourth-order valence-electron chi connectivity index (χ4n) is 2.40. The summed E-state index contributed by atoms with van der Waals surface area (Å²) in [4.78, 5) is 12.0. The van der Waals surface area contributed by atoms with Crippen LogP contribution >= 0.6 is 11.8 Å². The maximum absolute atomic E-state index is 11.0. The lowest BCUT2D eigenvalue weighted by molar-refractivity contribution is 0.0697. The first kappa shape index (κ1) is 15.4. The van der Waals surface area contributed by atoms with Gasteiger partial charge in [-0.15, -0.1) is 11.8 Å². The molecule has 114 valence electrons. The molecule has 3 rings (SSSR count). The molecule has 0 aromatic heterocycles. The van der Waals surface area contributed by atoms with Crippen molar-refractivity contribution in [3.8, 4) is 0 Å². The van der Waals surface area contributed by atoms with Gasteiger partial charge in [0.15, 0.2) is 0 Å². The Morgan fingerprint density at radius 3 is 1.65 bits per heavy atom. The van der Waals surface area contributed by atoms with E-state index in [1.807, 2.05) is 48.5 Å². The van der Waals surface area contributed by atoms with Crippen LogP contribution in [0, 0.1) is 0 Å². The minimum Gasteiger partial charge on any atom is -0.478 e. The fraction of sp³-hybridized carbons (Fsp3) is 0.0500. The Bertz CT molecular complexity index is 728. The SMILES string of the molecule is O=C(O)c1ccc(SC(c2ccccc2)c2ccccc2)cc1. The molecule has 0 heterocycles. The summed E-state index contributed by atoms with van der Waals surface area (Å²) < 4.78 is 0. The van der Waals surface area contributed by atoms with E-state index in [1.54, 1.807) is 23.9 Å². The molecule has 3 heteroatoms. The number of benzene rings is 3. The Morgan fingerprint density at radius 1 is 0.739 bits per heavy atom. The predicted molar refractivity (Wildman–Crippen MR) is 94.0 cm³/mol. The molecule has 0 fully saturated rings. The average Bonchev–Trinajstić information content (AvgIpc) is 2.61. The molecule has 0 unspecified atom stereocenters. The molecule has 0 radical (unpaired) electrons. The number of carbonyl (C=O) groups is 1. The van der Waals surface area contributed by atoms with Gasteiger partial charge in [0.2, 0.25) is 0 Å². The summed E-state index contributed by atoms with van der Waals surface area (Å²) in [6.45, 7) is 0. The number of aromatic carboxylic acids is 1. The number of carboxylic acids is 1. The van der Waals surface area contributed by atoms with Gasteiger partial charge in [0.05, 0.1) is 10.8 Å². The molecule has 1 N–H and O–H groups in total. The van der Waals surface area contributed by atoms with Crippen LogP contribution in [0.4, 0.5) is 0 Å². The minimum absolute atomic E-state index is 0.174. The zero-order valence-corrected chi connectivity index (χ0v) is 13.2. The number of thioether (sulfide) groups is 1. The quantitative estimate of drug-likeness (QED) is 0.651. The largest absolute Gasteiger partial charge is 0.478 e. The lowest BCUT2D eigenvalue weighted by atomic mass is 10.0. The van der Waals surface area contributed by atoms with Crippen molar-refractivity contribution >= 4 is 17.7 Å². The Morgan fingerprint density at radius 2 is 1.22 bits per heavy atom. The Kier molecular flexibility index (Phi) is 4.79. The van der Waals surface area contributed by atoms with E-state index in [0.717, 1.165) is 4.90 Å². The van der Waals surface area contributed by atoms with Gasteiger partial charge in [-0.1, -0.05) is 60.7 Å². The second-order valence-corrected chi connectivity index (χ2v) is 6.33. The van der Waals surface area contributed by atoms with Crippen LogP contribution in [-0.4, -0.2) is 11.1 Å². The molecule has 23 heavy (non-hydrogen) atoms. The maximum atomic E-state index is 11.0. The molecule has 2 nitrogen and oxygen atoms in total. The topological polar surface area (TPSA) is 37.3 Å². The first-order valence-corrected chi connectivity index (χ1v) is 8.22. The van der Waals surface area contributed by atoms with Gasteiger partial charge in [-0.2, -0.15) is 0 Å². The van der Waals surface area contributed by atoms with E-state index in [-0.39, 0.29) is 5.25 Å². The second-order valence-electron chi connectivity index (χ2n) is 5.15. The van der Waals surface area contributed by atoms with Crippen LogP contribution in [0.2, 0.25) is 0 Å². The van der Waals surface area contributed by atoms with Gasteiger partial charge in [0, 0.05) is 4.90 Å². The highest BCUT2D eigenvalue weighted by Crippen LogP contribution is 2.40. The summed E-state index contributed by atoms with van der Waals surface area (Å²) in [5.41, 5.74) is 2.77. The highest BCUT2D eigenvalue weighted by Gasteiger charge is 2.15. The van der Waals surface area contributed by atoms with Gasteiger partial charge in [0.25, 0.3) is 0 Å². The predicted octanol–water partition coefficient (Wildman–Crippen LogP) is 5.27. The number of hydrogen-bond donors (Lipinski definition) is 1. The smallest absolute Gasteiger partial charge is 0.335 e. The molecule has 3 aromatic rings. The summed E-state index contributed by atoms with van der Waals surface area (Å²) in [5, 5.41) is 9.18. The third-order valence-corrected chi connectivity index (χ3v) is 4.88. The van der Waals surface area contributed by atoms with E-state index in [1.165, 1.54) is 11.1 Å². The molecule has 0 saturated heterocycles. The third kappa shape index (κ3) is 3.82. The van der Waals surface area contributed by atoms with E-state index in [9.17, 15) is 4.79 Å². The van der Waals surface area contributed by atoms with Crippen LogP contribution in [0.5, 0.6) is 0 Å². The first-order valence-electron chi connectivity index (χ1n) is 7.34. The van der Waals surface area contributed by atoms with E-state index in [2.05, 4.69) is 24.3 Å². The van der Waals surface area contributed by atoms with E-state index in [4.69, 9.17) is 5.11 Å². The molecule has 0 atom stereocenters. The molecule has 0 aliphatic carbocycles. The van der Waals surface area contributed by atoms with Gasteiger partial charge >= 0.3 is 5.97 Å². The Labute approximate surface area is 139 Å². The van der Waals surface area contributed by atoms with Gasteiger partial charge < -0.3 is 5.11 Å². The van der Waals surface area contributed by atoms with Crippen molar-refractivity contribution in [2.45, 2.75) is 10.1 Å². The Hall–Kier alpha value is -2.52. The van der Waals surface area contributed by atoms with E-state index in [0.29, 0.717) is 5.56 Å². The summed E-state index contributed by atoms with van der Waals surface area (Å²) in [5.74, 6) is -0.899. The fourth-order valence-corrected chi connectivity index (χ4v) is 3.55. The summed E-state index contributed by atoms with van der Waals surface area (Å²) in [7, 11) is 0. The zero-order chi connectivity index (χ0) is 16.1. The van der Waals surface area contributed by atoms with Crippen molar-refractivity contribution < 1.29 is 9.90 Å². The van der Waals surface area contributed by atoms with Gasteiger partial charge in [-0.3, -0.25) is 0 Å². The molecular weight excluding hydrogens is 304 g/mol. The summed E-state index contributed by atoms with van der Waals surface area (Å²) >= 11 is 1.72. The van der Waals surface area contributed by atoms with Crippen molar-refractivity contribution in [2.24, 2.45) is 0 Å². The molecule has 0 saturated carbocycles. The van der Waals surface area contributed by atoms with E-state index >= 15 is 0 Å². The number of hydrogen-bond acceptors (Lipinski definition) is 2. The standard InChI is InChI=1S/C20H16O2S/c21-20(22)17-11-13-18(14-12-17)23-19(15-7-3-1-4-8-15)16-9-5-2-6-10-16/h1-14,19H,(H,21,22). The van der Waals surface area contributed by atoms with Crippen LogP contribution in [-0.2, 0) is 0 Å². The van der Waals surface area contributed by atoms with Crippen molar-refractivity contribution in [3.05, 3.63) is 102 Å². The Balaban J connectivity index is 1.92. The summed E-state index contributed by atoms with van der Waals surface area (Å²) in [6.07, 6.45) is 0. The van der Waals surface area contributed by atoms with Crippen LogP contribution in [0.25, 0.3) is 0 Å². The van der Waals surface area contributed by atoms with Gasteiger partial charge in [-0.25, -0.2) is 4.79 Å². The lowest BCUT2D eigenvalue weighted by Crippen LogP contribution is -1.98. The van der Waals surface area contributed by atoms with Crippen molar-refractivity contribution in [1.29, 1.82) is 0 Å². The van der Waals surface area contributed by atoms with Gasteiger partial charge in [-0.05, 0) is 35.4 Å². The average molecular weight is 320 g/mol. The molecule has 3 aromatic carbocycles. The zero-order valence-electron chi connectivity index (χ0n) is 12.4. The van der Waals surface area contributed by atoms with Crippen molar-refractivity contribution in [1.82, 2.24) is 0 Å². The minimum atomic E-state index is -0.899. The molecule has 0 aliphatic rings. The van der Waals surface area contributed by atoms with Crippen LogP contribution in [0.15, 0.2) is 89.8 Å². The first-order chi connectivity index (χ1) is 11.2. The van der Waals surface area contributed by atoms with Crippen LogP contribution in [0.1, 0.15) is 26.7 Å².